The van der Waals surface area contributed by atoms with Crippen LogP contribution in [0.4, 0.5) is 0 Å². The van der Waals surface area contributed by atoms with Crippen molar-refractivity contribution in [2.45, 2.75) is 18.2 Å². The molecule has 0 saturated carbocycles. The van der Waals surface area contributed by atoms with Gasteiger partial charge in [-0.25, -0.2) is 4.79 Å². The van der Waals surface area contributed by atoms with Crippen LogP contribution >= 0.6 is 25.3 Å². The van der Waals surface area contributed by atoms with Crippen LogP contribution < -0.4 is 5.32 Å². The van der Waals surface area contributed by atoms with Crippen molar-refractivity contribution < 1.29 is 14.7 Å². The van der Waals surface area contributed by atoms with Crippen LogP contribution in [0, 0.1) is 0 Å². The lowest BCUT2D eigenvalue weighted by Gasteiger charge is -2.12. The summed E-state index contributed by atoms with van der Waals surface area (Å²) in [4.78, 5) is 21.3. The summed E-state index contributed by atoms with van der Waals surface area (Å²) in [6, 6.07) is -0.935. The molecule has 6 heteroatoms. The third-order valence-electron chi connectivity index (χ3n) is 1.18. The number of aliphatic carboxylic acids is 1. The molecule has 70 valence electrons. The average Bonchev–Trinajstić information content (AvgIpc) is 1.98. The number of carbonyl (C=O) groups is 2. The van der Waals surface area contributed by atoms with Gasteiger partial charge in [0.25, 0.3) is 0 Å². The van der Waals surface area contributed by atoms with Gasteiger partial charge in [0.05, 0.1) is 5.25 Å². The maximum Gasteiger partial charge on any atom is 0.327 e. The van der Waals surface area contributed by atoms with E-state index in [0.717, 1.165) is 0 Å². The minimum absolute atomic E-state index is 0.0710. The van der Waals surface area contributed by atoms with Crippen LogP contribution in [0.1, 0.15) is 6.92 Å². The number of carboxylic acids is 1. The van der Waals surface area contributed by atoms with Gasteiger partial charge in [0.2, 0.25) is 5.91 Å². The molecule has 4 nitrogen and oxygen atoms in total. The Labute approximate surface area is 81.5 Å². The molecule has 0 aromatic heterocycles. The smallest absolute Gasteiger partial charge is 0.327 e. The van der Waals surface area contributed by atoms with E-state index in [1.807, 2.05) is 0 Å². The van der Waals surface area contributed by atoms with Crippen LogP contribution in [0.2, 0.25) is 0 Å². The second-order valence-electron chi connectivity index (χ2n) is 2.26. The fourth-order valence-corrected chi connectivity index (χ4v) is 0.800. The van der Waals surface area contributed by atoms with Gasteiger partial charge in [-0.1, -0.05) is 0 Å². The lowest BCUT2D eigenvalue weighted by Crippen LogP contribution is -2.44. The molecular formula is C6H11NO3S2. The van der Waals surface area contributed by atoms with Gasteiger partial charge in [-0.3, -0.25) is 4.79 Å². The lowest BCUT2D eigenvalue weighted by molar-refractivity contribution is -0.140. The van der Waals surface area contributed by atoms with E-state index in [1.54, 1.807) is 6.92 Å². The highest BCUT2D eigenvalue weighted by Gasteiger charge is 2.19. The Balaban J connectivity index is 4.03. The molecule has 0 rings (SSSR count). The summed E-state index contributed by atoms with van der Waals surface area (Å²) >= 11 is 7.62. The van der Waals surface area contributed by atoms with Crippen molar-refractivity contribution in [3.63, 3.8) is 0 Å². The van der Waals surface area contributed by atoms with Gasteiger partial charge < -0.3 is 10.4 Å². The van der Waals surface area contributed by atoms with E-state index < -0.39 is 23.2 Å². The van der Waals surface area contributed by atoms with Gasteiger partial charge in [-0.15, -0.1) is 0 Å². The van der Waals surface area contributed by atoms with Gasteiger partial charge in [0.15, 0.2) is 0 Å². The highest BCUT2D eigenvalue weighted by Crippen LogP contribution is 1.95. The molecular weight excluding hydrogens is 198 g/mol. The van der Waals surface area contributed by atoms with Crippen LogP contribution in [0.3, 0.4) is 0 Å². The van der Waals surface area contributed by atoms with Gasteiger partial charge in [-0.2, -0.15) is 25.3 Å². The number of rotatable bonds is 4. The first kappa shape index (κ1) is 11.6. The minimum atomic E-state index is -1.09. The Kier molecular flexibility index (Phi) is 5.16. The summed E-state index contributed by atoms with van der Waals surface area (Å²) in [7, 11) is 0. The summed E-state index contributed by atoms with van der Waals surface area (Å²) in [6.07, 6.45) is 0. The Morgan fingerprint density at radius 2 is 2.08 bits per heavy atom. The van der Waals surface area contributed by atoms with Crippen molar-refractivity contribution in [2.75, 3.05) is 5.75 Å². The van der Waals surface area contributed by atoms with E-state index in [0.29, 0.717) is 0 Å². The summed E-state index contributed by atoms with van der Waals surface area (Å²) in [6.45, 7) is 1.57. The van der Waals surface area contributed by atoms with E-state index in [1.165, 1.54) is 0 Å². The van der Waals surface area contributed by atoms with Crippen LogP contribution in [0.25, 0.3) is 0 Å². The highest BCUT2D eigenvalue weighted by atomic mass is 32.1. The molecule has 0 aliphatic rings. The van der Waals surface area contributed by atoms with Crippen LogP contribution in [-0.2, 0) is 9.59 Å². The summed E-state index contributed by atoms with van der Waals surface area (Å²) < 4.78 is 0. The van der Waals surface area contributed by atoms with Crippen LogP contribution in [0.5, 0.6) is 0 Å². The largest absolute Gasteiger partial charge is 0.480 e. The molecule has 0 fully saturated rings. The molecule has 0 aromatic rings. The predicted molar refractivity (Wildman–Crippen MR) is 51.9 cm³/mol. The van der Waals surface area contributed by atoms with E-state index in [9.17, 15) is 9.59 Å². The number of carboxylic acid groups (broad SMARTS) is 1. The maximum atomic E-state index is 10.9. The Morgan fingerprint density at radius 3 is 2.33 bits per heavy atom. The van der Waals surface area contributed by atoms with Crippen molar-refractivity contribution in [2.24, 2.45) is 0 Å². The first-order valence-corrected chi connectivity index (χ1v) is 4.46. The standard InChI is InChI=1S/C6H11NO3S2/c1-3(12)5(8)7-4(2-11)6(9)10/h3-4,11-12H,2H2,1H3,(H,7,8)(H,9,10)/t3-,4-/m0/s1. The molecule has 2 atom stereocenters. The summed E-state index contributed by atoms with van der Waals surface area (Å²) in [5, 5.41) is 10.3. The van der Waals surface area contributed by atoms with Gasteiger partial charge in [0, 0.05) is 5.75 Å². The molecule has 0 spiro atoms. The Bertz CT molecular complexity index is 184. The zero-order valence-electron chi connectivity index (χ0n) is 6.52. The van der Waals surface area contributed by atoms with Crippen molar-refractivity contribution in [3.8, 4) is 0 Å². The molecule has 0 aliphatic heterocycles. The predicted octanol–water partition coefficient (Wildman–Crippen LogP) is -0.196. The Morgan fingerprint density at radius 1 is 1.58 bits per heavy atom. The quantitative estimate of drug-likeness (QED) is 0.485. The van der Waals surface area contributed by atoms with Crippen molar-refractivity contribution >= 4 is 37.1 Å². The molecule has 0 aliphatic carbocycles. The van der Waals surface area contributed by atoms with Gasteiger partial charge in [0.1, 0.15) is 6.04 Å². The Hall–Kier alpha value is -0.360. The fraction of sp³-hybridized carbons (Fsp3) is 0.667. The molecule has 0 heterocycles. The zero-order valence-corrected chi connectivity index (χ0v) is 8.31. The number of amides is 1. The topological polar surface area (TPSA) is 66.4 Å². The molecule has 0 unspecified atom stereocenters. The monoisotopic (exact) mass is 209 g/mol. The number of hydrogen-bond acceptors (Lipinski definition) is 4. The molecule has 1 amide bonds. The summed E-state index contributed by atoms with van der Waals surface area (Å²) in [5.41, 5.74) is 0. The molecule has 0 aromatic carbocycles. The van der Waals surface area contributed by atoms with Gasteiger partial charge >= 0.3 is 5.97 Å². The second kappa shape index (κ2) is 5.31. The first-order valence-electron chi connectivity index (χ1n) is 3.31. The molecule has 0 saturated heterocycles. The maximum absolute atomic E-state index is 10.9. The normalized spacial score (nSPS) is 14.9. The molecule has 12 heavy (non-hydrogen) atoms. The van der Waals surface area contributed by atoms with E-state index in [2.05, 4.69) is 30.6 Å². The van der Waals surface area contributed by atoms with E-state index >= 15 is 0 Å². The van der Waals surface area contributed by atoms with Crippen molar-refractivity contribution in [1.82, 2.24) is 5.32 Å². The van der Waals surface area contributed by atoms with Crippen LogP contribution in [-0.4, -0.2) is 34.0 Å². The lowest BCUT2D eigenvalue weighted by atomic mass is 10.3. The number of carbonyl (C=O) groups excluding carboxylic acids is 1. The van der Waals surface area contributed by atoms with Gasteiger partial charge in [-0.05, 0) is 6.92 Å². The molecule has 2 N–H and O–H groups in total. The van der Waals surface area contributed by atoms with Crippen molar-refractivity contribution in [3.05, 3.63) is 0 Å². The SMILES string of the molecule is C[C@H](S)C(=O)N[C@@H](CS)C(=O)O. The molecule has 0 bridgehead atoms. The third-order valence-corrected chi connectivity index (χ3v) is 1.78. The summed E-state index contributed by atoms with van der Waals surface area (Å²) in [5.74, 6) is -1.42. The number of thiol groups is 2. The van der Waals surface area contributed by atoms with Crippen LogP contribution in [0.15, 0.2) is 0 Å². The minimum Gasteiger partial charge on any atom is -0.480 e. The molecule has 0 radical (unpaired) electrons. The van der Waals surface area contributed by atoms with E-state index in [4.69, 9.17) is 5.11 Å². The first-order chi connectivity index (χ1) is 5.49. The third kappa shape index (κ3) is 3.87. The zero-order chi connectivity index (χ0) is 9.72. The number of nitrogens with one attached hydrogen (secondary N) is 1. The van der Waals surface area contributed by atoms with E-state index in [-0.39, 0.29) is 5.75 Å². The van der Waals surface area contributed by atoms with Crippen molar-refractivity contribution in [1.29, 1.82) is 0 Å². The number of hydrogen-bond donors (Lipinski definition) is 4. The fourth-order valence-electron chi connectivity index (χ4n) is 0.478. The average molecular weight is 209 g/mol. The highest BCUT2D eigenvalue weighted by molar-refractivity contribution is 7.81. The second-order valence-corrected chi connectivity index (χ2v) is 3.40.